The maximum absolute atomic E-state index is 12.7. The lowest BCUT2D eigenvalue weighted by Gasteiger charge is -2.08. The van der Waals surface area contributed by atoms with Crippen LogP contribution in [0.3, 0.4) is 0 Å². The van der Waals surface area contributed by atoms with E-state index in [-0.39, 0.29) is 17.9 Å². The highest BCUT2D eigenvalue weighted by atomic mass is 16.5. The quantitative estimate of drug-likeness (QED) is 0.501. The number of amides is 1. The SMILES string of the molecule is COc1cccc(-c2ccc(NC(=O)CCc3c(C)nc4nc(C)[nH]n4c3=O)cc2)c1. The van der Waals surface area contributed by atoms with Crippen molar-refractivity contribution in [1.82, 2.24) is 19.6 Å². The van der Waals surface area contributed by atoms with Gasteiger partial charge in [-0.15, -0.1) is 0 Å². The number of nitrogens with zero attached hydrogens (tertiary/aromatic N) is 3. The Morgan fingerprint density at radius 3 is 2.61 bits per heavy atom. The van der Waals surface area contributed by atoms with Crippen LogP contribution in [0.1, 0.15) is 23.5 Å². The molecule has 1 amide bonds. The van der Waals surface area contributed by atoms with Crippen molar-refractivity contribution < 1.29 is 9.53 Å². The van der Waals surface area contributed by atoms with Gasteiger partial charge in [0, 0.05) is 17.7 Å². The summed E-state index contributed by atoms with van der Waals surface area (Å²) < 4.78 is 6.58. The molecule has 0 aliphatic rings. The van der Waals surface area contributed by atoms with Gasteiger partial charge >= 0.3 is 0 Å². The summed E-state index contributed by atoms with van der Waals surface area (Å²) in [5.41, 5.74) is 3.62. The number of benzene rings is 2. The topological polar surface area (TPSA) is 101 Å². The Morgan fingerprint density at radius 2 is 1.87 bits per heavy atom. The van der Waals surface area contributed by atoms with Gasteiger partial charge in [0.25, 0.3) is 11.3 Å². The van der Waals surface area contributed by atoms with Crippen LogP contribution in [0.2, 0.25) is 0 Å². The Balaban J connectivity index is 1.42. The molecule has 4 rings (SSSR count). The number of anilines is 1. The first-order chi connectivity index (χ1) is 14.9. The van der Waals surface area contributed by atoms with Crippen molar-refractivity contribution in [3.63, 3.8) is 0 Å². The monoisotopic (exact) mass is 417 g/mol. The van der Waals surface area contributed by atoms with Crippen LogP contribution in [0, 0.1) is 13.8 Å². The van der Waals surface area contributed by atoms with E-state index in [1.807, 2.05) is 48.5 Å². The Labute approximate surface area is 178 Å². The summed E-state index contributed by atoms with van der Waals surface area (Å²) in [6, 6.07) is 15.4. The highest BCUT2D eigenvalue weighted by Gasteiger charge is 2.14. The summed E-state index contributed by atoms with van der Waals surface area (Å²) >= 11 is 0. The molecule has 8 heteroatoms. The molecule has 0 spiro atoms. The van der Waals surface area contributed by atoms with E-state index in [1.54, 1.807) is 21.0 Å². The minimum absolute atomic E-state index is 0.168. The Kier molecular flexibility index (Phi) is 5.53. The summed E-state index contributed by atoms with van der Waals surface area (Å²) in [5, 5.41) is 5.75. The molecule has 4 aromatic rings. The lowest BCUT2D eigenvalue weighted by molar-refractivity contribution is -0.116. The molecule has 0 saturated heterocycles. The number of aromatic amines is 1. The highest BCUT2D eigenvalue weighted by molar-refractivity contribution is 5.91. The summed E-state index contributed by atoms with van der Waals surface area (Å²) in [4.78, 5) is 33.6. The average molecular weight is 417 g/mol. The molecule has 31 heavy (non-hydrogen) atoms. The van der Waals surface area contributed by atoms with Gasteiger partial charge in [0.2, 0.25) is 5.91 Å². The first kappa shape index (κ1) is 20.3. The van der Waals surface area contributed by atoms with E-state index in [9.17, 15) is 9.59 Å². The van der Waals surface area contributed by atoms with Crippen LogP contribution in [0.5, 0.6) is 5.75 Å². The zero-order chi connectivity index (χ0) is 22.0. The zero-order valence-corrected chi connectivity index (χ0v) is 17.6. The molecule has 0 fully saturated rings. The molecule has 0 atom stereocenters. The number of hydrogen-bond donors (Lipinski definition) is 2. The average Bonchev–Trinajstić information content (AvgIpc) is 3.14. The standard InChI is InChI=1S/C23H23N5O3/c1-14-20(22(30)28-23(24-14)25-15(2)27-28)11-12-21(29)26-18-9-7-16(8-10-18)17-5-4-6-19(13-17)31-3/h4-10,13H,11-12H2,1-3H3,(H,26,29)(H,24,25,27). The van der Waals surface area contributed by atoms with Crippen LogP contribution < -0.4 is 15.6 Å². The second-order valence-electron chi connectivity index (χ2n) is 7.28. The van der Waals surface area contributed by atoms with Crippen LogP contribution in [-0.4, -0.2) is 32.6 Å². The summed E-state index contributed by atoms with van der Waals surface area (Å²) in [6.45, 7) is 3.52. The van der Waals surface area contributed by atoms with E-state index in [4.69, 9.17) is 4.74 Å². The summed E-state index contributed by atoms with van der Waals surface area (Å²) in [6.07, 6.45) is 0.473. The highest BCUT2D eigenvalue weighted by Crippen LogP contribution is 2.25. The summed E-state index contributed by atoms with van der Waals surface area (Å²) in [5.74, 6) is 1.57. The number of hydrogen-bond acceptors (Lipinski definition) is 5. The molecule has 0 aliphatic carbocycles. The van der Waals surface area contributed by atoms with Gasteiger partial charge in [0.1, 0.15) is 11.6 Å². The second kappa shape index (κ2) is 8.43. The fourth-order valence-electron chi connectivity index (χ4n) is 3.46. The normalized spacial score (nSPS) is 10.9. The molecule has 0 aliphatic heterocycles. The van der Waals surface area contributed by atoms with Crippen molar-refractivity contribution in [1.29, 1.82) is 0 Å². The Hall–Kier alpha value is -3.94. The van der Waals surface area contributed by atoms with Gasteiger partial charge in [0.05, 0.1) is 12.8 Å². The molecule has 0 unspecified atom stereocenters. The molecule has 0 bridgehead atoms. The number of aryl methyl sites for hydroxylation is 2. The number of fused-ring (bicyclic) bond motifs is 1. The first-order valence-electron chi connectivity index (χ1n) is 9.94. The van der Waals surface area contributed by atoms with Crippen LogP contribution in [0.4, 0.5) is 5.69 Å². The number of methoxy groups -OCH3 is 1. The molecule has 2 aromatic carbocycles. The molecular formula is C23H23N5O3. The fraction of sp³-hybridized carbons (Fsp3) is 0.217. The van der Waals surface area contributed by atoms with E-state index >= 15 is 0 Å². The third-order valence-electron chi connectivity index (χ3n) is 5.08. The minimum Gasteiger partial charge on any atom is -0.497 e. The third kappa shape index (κ3) is 4.32. The number of rotatable bonds is 6. The molecule has 158 valence electrons. The van der Waals surface area contributed by atoms with Crippen molar-refractivity contribution in [3.8, 4) is 16.9 Å². The van der Waals surface area contributed by atoms with Gasteiger partial charge in [0.15, 0.2) is 0 Å². The Morgan fingerprint density at radius 1 is 1.10 bits per heavy atom. The van der Waals surface area contributed by atoms with Crippen LogP contribution in [0.25, 0.3) is 16.9 Å². The molecule has 2 aromatic heterocycles. The predicted molar refractivity (Wildman–Crippen MR) is 118 cm³/mol. The summed E-state index contributed by atoms with van der Waals surface area (Å²) in [7, 11) is 1.64. The van der Waals surface area contributed by atoms with Crippen LogP contribution in [0.15, 0.2) is 53.3 Å². The lowest BCUT2D eigenvalue weighted by Crippen LogP contribution is -2.23. The lowest BCUT2D eigenvalue weighted by atomic mass is 10.0. The van der Waals surface area contributed by atoms with E-state index in [0.29, 0.717) is 35.0 Å². The van der Waals surface area contributed by atoms with Crippen LogP contribution in [-0.2, 0) is 11.2 Å². The molecule has 0 saturated carbocycles. The molecule has 2 N–H and O–H groups in total. The van der Waals surface area contributed by atoms with Gasteiger partial charge in [-0.2, -0.15) is 9.50 Å². The smallest absolute Gasteiger partial charge is 0.277 e. The number of H-pyrrole nitrogens is 1. The number of carbonyl (C=O) groups excluding carboxylic acids is 1. The zero-order valence-electron chi connectivity index (χ0n) is 17.6. The predicted octanol–water partition coefficient (Wildman–Crippen LogP) is 3.28. The van der Waals surface area contributed by atoms with Crippen molar-refractivity contribution in [2.45, 2.75) is 26.7 Å². The molecule has 8 nitrogen and oxygen atoms in total. The maximum Gasteiger partial charge on any atom is 0.277 e. The largest absolute Gasteiger partial charge is 0.497 e. The fourth-order valence-corrected chi connectivity index (χ4v) is 3.46. The molecular weight excluding hydrogens is 394 g/mol. The van der Waals surface area contributed by atoms with E-state index < -0.39 is 0 Å². The van der Waals surface area contributed by atoms with Gasteiger partial charge in [-0.1, -0.05) is 24.3 Å². The van der Waals surface area contributed by atoms with Gasteiger partial charge in [-0.25, -0.2) is 4.98 Å². The Bertz CT molecular complexity index is 1310. The van der Waals surface area contributed by atoms with Crippen molar-refractivity contribution in [3.05, 3.63) is 76.0 Å². The number of aromatic nitrogens is 4. The van der Waals surface area contributed by atoms with E-state index in [2.05, 4.69) is 20.4 Å². The van der Waals surface area contributed by atoms with E-state index in [1.165, 1.54) is 4.52 Å². The molecule has 2 heterocycles. The van der Waals surface area contributed by atoms with Crippen LogP contribution >= 0.6 is 0 Å². The first-order valence-corrected chi connectivity index (χ1v) is 9.94. The van der Waals surface area contributed by atoms with Crippen molar-refractivity contribution >= 4 is 17.4 Å². The molecule has 0 radical (unpaired) electrons. The number of ether oxygens (including phenoxy) is 1. The van der Waals surface area contributed by atoms with Gasteiger partial charge < -0.3 is 10.1 Å². The van der Waals surface area contributed by atoms with Crippen molar-refractivity contribution in [2.24, 2.45) is 0 Å². The second-order valence-corrected chi connectivity index (χ2v) is 7.28. The number of carbonyl (C=O) groups is 1. The van der Waals surface area contributed by atoms with Crippen molar-refractivity contribution in [2.75, 3.05) is 12.4 Å². The van der Waals surface area contributed by atoms with E-state index in [0.717, 1.165) is 16.9 Å². The minimum atomic E-state index is -0.224. The maximum atomic E-state index is 12.7. The third-order valence-corrected chi connectivity index (χ3v) is 5.08. The number of nitrogens with one attached hydrogen (secondary N) is 2. The van der Waals surface area contributed by atoms with Gasteiger partial charge in [-0.3, -0.25) is 14.7 Å². The van der Waals surface area contributed by atoms with Gasteiger partial charge in [-0.05, 0) is 55.7 Å².